The number of benzene rings is 1. The highest BCUT2D eigenvalue weighted by atomic mass is 16.1. The molecular weight excluding hydrogens is 264 g/mol. The van der Waals surface area contributed by atoms with Crippen LogP contribution in [-0.4, -0.2) is 31.5 Å². The first kappa shape index (κ1) is 15.4. The molecule has 0 bridgehead atoms. The Morgan fingerprint density at radius 1 is 1.33 bits per heavy atom. The number of nitrogens with one attached hydrogen (secondary N) is 3. The van der Waals surface area contributed by atoms with Gasteiger partial charge in [-0.2, -0.15) is 0 Å². The van der Waals surface area contributed by atoms with Crippen LogP contribution >= 0.6 is 0 Å². The number of anilines is 1. The predicted octanol–water partition coefficient (Wildman–Crippen LogP) is 1.76. The van der Waals surface area contributed by atoms with E-state index in [1.54, 1.807) is 7.05 Å². The van der Waals surface area contributed by atoms with Crippen LogP contribution in [0.1, 0.15) is 25.8 Å². The maximum absolute atomic E-state index is 11.0. The zero-order valence-electron chi connectivity index (χ0n) is 12.9. The summed E-state index contributed by atoms with van der Waals surface area (Å²) in [6.45, 7) is 4.58. The summed E-state index contributed by atoms with van der Waals surface area (Å²) in [5, 5.41) is 9.49. The second-order valence-electron chi connectivity index (χ2n) is 5.59. The van der Waals surface area contributed by atoms with E-state index in [9.17, 15) is 4.79 Å². The molecule has 114 valence electrons. The van der Waals surface area contributed by atoms with Crippen LogP contribution in [-0.2, 0) is 11.2 Å². The molecule has 0 spiro atoms. The van der Waals surface area contributed by atoms with Crippen molar-refractivity contribution in [3.8, 4) is 0 Å². The largest absolute Gasteiger partial charge is 0.356 e. The Kier molecular flexibility index (Phi) is 5.20. The summed E-state index contributed by atoms with van der Waals surface area (Å²) < 4.78 is 0. The van der Waals surface area contributed by atoms with Gasteiger partial charge in [-0.05, 0) is 36.5 Å². The topological polar surface area (TPSA) is 65.5 Å². The van der Waals surface area contributed by atoms with E-state index in [2.05, 4.69) is 27.9 Å². The summed E-state index contributed by atoms with van der Waals surface area (Å²) in [5.41, 5.74) is 2.06. The van der Waals surface area contributed by atoms with E-state index < -0.39 is 0 Å². The minimum Gasteiger partial charge on any atom is -0.356 e. The van der Waals surface area contributed by atoms with Crippen molar-refractivity contribution in [1.29, 1.82) is 0 Å². The first-order valence-corrected chi connectivity index (χ1v) is 7.42. The third kappa shape index (κ3) is 5.10. The van der Waals surface area contributed by atoms with Crippen molar-refractivity contribution in [2.24, 2.45) is 10.9 Å². The Morgan fingerprint density at radius 2 is 2.00 bits per heavy atom. The highest BCUT2D eigenvalue weighted by Gasteiger charge is 2.33. The number of carbonyl (C=O) groups is 1. The summed E-state index contributed by atoms with van der Waals surface area (Å²) >= 11 is 0. The van der Waals surface area contributed by atoms with E-state index in [4.69, 9.17) is 0 Å². The predicted molar refractivity (Wildman–Crippen MR) is 86.5 cm³/mol. The zero-order chi connectivity index (χ0) is 15.2. The molecule has 21 heavy (non-hydrogen) atoms. The molecule has 1 saturated carbocycles. The molecule has 3 N–H and O–H groups in total. The molecular formula is C16H24N4O. The molecule has 1 aromatic rings. The fourth-order valence-electron chi connectivity index (χ4n) is 2.18. The van der Waals surface area contributed by atoms with Gasteiger partial charge in [-0.15, -0.1) is 0 Å². The SMILES string of the molecule is CN=C(NCCc1ccc(NC(C)=O)cc1)NC1CC1C. The molecule has 2 unspecified atom stereocenters. The quantitative estimate of drug-likeness (QED) is 0.571. The lowest BCUT2D eigenvalue weighted by atomic mass is 10.1. The Bertz CT molecular complexity index is 510. The second-order valence-corrected chi connectivity index (χ2v) is 5.59. The highest BCUT2D eigenvalue weighted by molar-refractivity contribution is 5.88. The first-order chi connectivity index (χ1) is 10.1. The van der Waals surface area contributed by atoms with Gasteiger partial charge in [0.15, 0.2) is 5.96 Å². The minimum absolute atomic E-state index is 0.0476. The number of guanidine groups is 1. The third-order valence-corrected chi connectivity index (χ3v) is 3.64. The van der Waals surface area contributed by atoms with Gasteiger partial charge in [-0.25, -0.2) is 0 Å². The first-order valence-electron chi connectivity index (χ1n) is 7.42. The van der Waals surface area contributed by atoms with Gasteiger partial charge < -0.3 is 16.0 Å². The smallest absolute Gasteiger partial charge is 0.221 e. The number of nitrogens with zero attached hydrogens (tertiary/aromatic N) is 1. The maximum atomic E-state index is 11.0. The van der Waals surface area contributed by atoms with Gasteiger partial charge in [0.1, 0.15) is 0 Å². The molecule has 1 fully saturated rings. The van der Waals surface area contributed by atoms with E-state index in [-0.39, 0.29) is 5.91 Å². The summed E-state index contributed by atoms with van der Waals surface area (Å²) in [7, 11) is 1.80. The normalized spacial score (nSPS) is 20.8. The van der Waals surface area contributed by atoms with Crippen LogP contribution in [0, 0.1) is 5.92 Å². The molecule has 0 aliphatic heterocycles. The Hall–Kier alpha value is -2.04. The van der Waals surface area contributed by atoms with Crippen molar-refractivity contribution in [3.05, 3.63) is 29.8 Å². The molecule has 5 heteroatoms. The standard InChI is InChI=1S/C16H24N4O/c1-11-10-15(11)20-16(17-3)18-9-8-13-4-6-14(7-5-13)19-12(2)21/h4-7,11,15H,8-10H2,1-3H3,(H,19,21)(H2,17,18,20). The second kappa shape index (κ2) is 7.11. The summed E-state index contributed by atoms with van der Waals surface area (Å²) in [4.78, 5) is 15.2. The molecule has 0 heterocycles. The van der Waals surface area contributed by atoms with Gasteiger partial charge >= 0.3 is 0 Å². The number of aliphatic imine (C=N–C) groups is 1. The maximum Gasteiger partial charge on any atom is 0.221 e. The number of carbonyl (C=O) groups excluding carboxylic acids is 1. The summed E-state index contributed by atoms with van der Waals surface area (Å²) in [6.07, 6.45) is 2.15. The van der Waals surface area contributed by atoms with Gasteiger partial charge in [-0.3, -0.25) is 9.79 Å². The molecule has 5 nitrogen and oxygen atoms in total. The zero-order valence-corrected chi connectivity index (χ0v) is 12.9. The lowest BCUT2D eigenvalue weighted by molar-refractivity contribution is -0.114. The van der Waals surface area contributed by atoms with Crippen molar-refractivity contribution in [3.63, 3.8) is 0 Å². The summed E-state index contributed by atoms with van der Waals surface area (Å²) in [6, 6.07) is 8.50. The fourth-order valence-corrected chi connectivity index (χ4v) is 2.18. The van der Waals surface area contributed by atoms with Crippen molar-refractivity contribution < 1.29 is 4.79 Å². The molecule has 0 radical (unpaired) electrons. The molecule has 2 rings (SSSR count). The van der Waals surface area contributed by atoms with Gasteiger partial charge in [0.05, 0.1) is 0 Å². The van der Waals surface area contributed by atoms with Gasteiger partial charge in [0.25, 0.3) is 0 Å². The highest BCUT2D eigenvalue weighted by Crippen LogP contribution is 2.28. The van der Waals surface area contributed by atoms with Crippen LogP contribution in [0.5, 0.6) is 0 Å². The molecule has 1 aliphatic carbocycles. The van der Waals surface area contributed by atoms with Crippen molar-refractivity contribution >= 4 is 17.6 Å². The minimum atomic E-state index is -0.0476. The van der Waals surface area contributed by atoms with E-state index in [0.717, 1.165) is 30.5 Å². The lowest BCUT2D eigenvalue weighted by Crippen LogP contribution is -2.39. The molecule has 0 aromatic heterocycles. The third-order valence-electron chi connectivity index (χ3n) is 3.64. The number of hydrogen-bond acceptors (Lipinski definition) is 2. The van der Waals surface area contributed by atoms with Crippen LogP contribution in [0.2, 0.25) is 0 Å². The number of amides is 1. The van der Waals surface area contributed by atoms with Crippen molar-refractivity contribution in [2.45, 2.75) is 32.7 Å². The lowest BCUT2D eigenvalue weighted by Gasteiger charge is -2.11. The van der Waals surface area contributed by atoms with Gasteiger partial charge in [0.2, 0.25) is 5.91 Å². The van der Waals surface area contributed by atoms with Crippen molar-refractivity contribution in [2.75, 3.05) is 18.9 Å². The van der Waals surface area contributed by atoms with E-state index >= 15 is 0 Å². The number of hydrogen-bond donors (Lipinski definition) is 3. The fraction of sp³-hybridized carbons (Fsp3) is 0.500. The van der Waals surface area contributed by atoms with Gasteiger partial charge in [0, 0.05) is 32.2 Å². The van der Waals surface area contributed by atoms with Crippen LogP contribution in [0.25, 0.3) is 0 Å². The van der Waals surface area contributed by atoms with E-state index in [1.807, 2.05) is 24.3 Å². The summed E-state index contributed by atoms with van der Waals surface area (Å²) in [5.74, 6) is 1.58. The molecule has 1 aromatic carbocycles. The average Bonchev–Trinajstić information content (AvgIpc) is 3.14. The molecule has 0 saturated heterocycles. The Balaban J connectivity index is 1.73. The van der Waals surface area contributed by atoms with Crippen LogP contribution in [0.3, 0.4) is 0 Å². The molecule has 1 amide bonds. The van der Waals surface area contributed by atoms with Crippen molar-refractivity contribution in [1.82, 2.24) is 10.6 Å². The van der Waals surface area contributed by atoms with Crippen LogP contribution in [0.4, 0.5) is 5.69 Å². The van der Waals surface area contributed by atoms with Gasteiger partial charge in [-0.1, -0.05) is 19.1 Å². The number of rotatable bonds is 5. The molecule has 1 aliphatic rings. The van der Waals surface area contributed by atoms with Crippen LogP contribution < -0.4 is 16.0 Å². The Labute approximate surface area is 126 Å². The van der Waals surface area contributed by atoms with Crippen LogP contribution in [0.15, 0.2) is 29.3 Å². The monoisotopic (exact) mass is 288 g/mol. The Morgan fingerprint density at radius 3 is 2.52 bits per heavy atom. The van der Waals surface area contributed by atoms with E-state index in [0.29, 0.717) is 6.04 Å². The molecule has 2 atom stereocenters. The van der Waals surface area contributed by atoms with E-state index in [1.165, 1.54) is 18.9 Å². The average molecular weight is 288 g/mol.